The lowest BCUT2D eigenvalue weighted by Crippen LogP contribution is -2.13. The van der Waals surface area contributed by atoms with Crippen LogP contribution in [0.4, 0.5) is 0 Å². The van der Waals surface area contributed by atoms with Gasteiger partial charge in [-0.2, -0.15) is 0 Å². The average Bonchev–Trinajstić information content (AvgIpc) is 1.85. The molecule has 0 spiro atoms. The van der Waals surface area contributed by atoms with Gasteiger partial charge in [0.2, 0.25) is 0 Å². The van der Waals surface area contributed by atoms with Crippen LogP contribution in [0.25, 0.3) is 0 Å². The second kappa shape index (κ2) is 5.92. The van der Waals surface area contributed by atoms with Crippen LogP contribution in [-0.2, 0) is 4.43 Å². The molecule has 1 unspecified atom stereocenters. The fraction of sp³-hybridized carbons (Fsp3) is 1.00. The van der Waals surface area contributed by atoms with Crippen molar-refractivity contribution in [3.8, 4) is 0 Å². The molecule has 0 aliphatic rings. The number of hydrogen-bond donors (Lipinski definition) is 0. The van der Waals surface area contributed by atoms with E-state index in [1.807, 2.05) is 0 Å². The Morgan fingerprint density at radius 2 is 2.00 bits per heavy atom. The molecule has 0 radical (unpaired) electrons. The zero-order valence-electron chi connectivity index (χ0n) is 7.68. The van der Waals surface area contributed by atoms with Gasteiger partial charge >= 0.3 is 0 Å². The minimum absolute atomic E-state index is 0.752. The third kappa shape index (κ3) is 6.30. The van der Waals surface area contributed by atoms with Crippen LogP contribution in [0.3, 0.4) is 0 Å². The molecule has 1 atom stereocenters. The molecule has 0 saturated heterocycles. The summed E-state index contributed by atoms with van der Waals surface area (Å²) >= 11 is 0. The molecule has 0 amide bonds. The van der Waals surface area contributed by atoms with Gasteiger partial charge in [-0.15, -0.1) is 0 Å². The lowest BCUT2D eigenvalue weighted by molar-refractivity contribution is 0.256. The van der Waals surface area contributed by atoms with E-state index in [0.29, 0.717) is 0 Å². The van der Waals surface area contributed by atoms with Gasteiger partial charge in [0.25, 0.3) is 0 Å². The van der Waals surface area contributed by atoms with E-state index in [2.05, 4.69) is 26.9 Å². The van der Waals surface area contributed by atoms with E-state index in [9.17, 15) is 0 Å². The fourth-order valence-corrected chi connectivity index (χ4v) is 1.65. The average molecular weight is 160 g/mol. The highest BCUT2D eigenvalue weighted by molar-refractivity contribution is 6.48. The third-order valence-corrected chi connectivity index (χ3v) is 2.35. The van der Waals surface area contributed by atoms with Crippen molar-refractivity contribution in [2.75, 3.05) is 6.61 Å². The lowest BCUT2D eigenvalue weighted by atomic mass is 10.1. The van der Waals surface area contributed by atoms with Gasteiger partial charge in [-0.25, -0.2) is 0 Å². The topological polar surface area (TPSA) is 9.23 Å². The fourth-order valence-electron chi connectivity index (χ4n) is 0.933. The highest BCUT2D eigenvalue weighted by Gasteiger charge is 2.01. The van der Waals surface area contributed by atoms with E-state index in [1.54, 1.807) is 0 Å². The van der Waals surface area contributed by atoms with Crippen molar-refractivity contribution >= 4 is 9.04 Å². The molecule has 1 nitrogen and oxygen atoms in total. The molecule has 0 rings (SSSR count). The van der Waals surface area contributed by atoms with Crippen molar-refractivity contribution in [3.63, 3.8) is 0 Å². The Labute approximate surface area is 66.5 Å². The Morgan fingerprint density at radius 1 is 1.40 bits per heavy atom. The van der Waals surface area contributed by atoms with Gasteiger partial charge in [-0.3, -0.25) is 0 Å². The van der Waals surface area contributed by atoms with Crippen LogP contribution in [0.15, 0.2) is 0 Å². The predicted octanol–water partition coefficient (Wildman–Crippen LogP) is 2.42. The zero-order valence-corrected chi connectivity index (χ0v) is 8.84. The lowest BCUT2D eigenvalue weighted by Gasteiger charge is -2.12. The Hall–Kier alpha value is 0.177. The normalized spacial score (nSPS) is 14.1. The van der Waals surface area contributed by atoms with Crippen LogP contribution in [0, 0.1) is 5.92 Å². The van der Waals surface area contributed by atoms with Crippen LogP contribution in [0.5, 0.6) is 0 Å². The second-order valence-corrected chi connectivity index (χ2v) is 5.71. The molecule has 0 aromatic heterocycles. The summed E-state index contributed by atoms with van der Waals surface area (Å²) in [5, 5.41) is 0. The van der Waals surface area contributed by atoms with E-state index in [0.717, 1.165) is 12.5 Å². The molecular formula is C8H20OSi. The smallest absolute Gasteiger partial charge is 0.170 e. The molecular weight excluding hydrogens is 140 g/mol. The van der Waals surface area contributed by atoms with Crippen LogP contribution in [0.1, 0.15) is 26.7 Å². The summed E-state index contributed by atoms with van der Waals surface area (Å²) in [6.07, 6.45) is 2.59. The predicted molar refractivity (Wildman–Crippen MR) is 48.9 cm³/mol. The minimum Gasteiger partial charge on any atom is -0.420 e. The third-order valence-electron chi connectivity index (χ3n) is 1.50. The number of hydrogen-bond acceptors (Lipinski definition) is 1. The van der Waals surface area contributed by atoms with Gasteiger partial charge in [0.05, 0.1) is 0 Å². The first kappa shape index (κ1) is 10.2. The standard InChI is InChI=1S/C8H20OSi/c1-5-6-8(2)7-9-10(3)4/h8,10H,5-7H2,1-4H3. The van der Waals surface area contributed by atoms with Crippen molar-refractivity contribution in [1.82, 2.24) is 0 Å². The van der Waals surface area contributed by atoms with Gasteiger partial charge in [0.15, 0.2) is 9.04 Å². The van der Waals surface area contributed by atoms with Gasteiger partial charge in [-0.05, 0) is 25.4 Å². The minimum atomic E-state index is -0.752. The first-order valence-corrected chi connectivity index (χ1v) is 7.06. The van der Waals surface area contributed by atoms with E-state index in [-0.39, 0.29) is 0 Å². The Kier molecular flexibility index (Phi) is 6.03. The maximum absolute atomic E-state index is 5.60. The summed E-state index contributed by atoms with van der Waals surface area (Å²) in [5.74, 6) is 0.764. The van der Waals surface area contributed by atoms with E-state index >= 15 is 0 Å². The van der Waals surface area contributed by atoms with Gasteiger partial charge < -0.3 is 4.43 Å². The molecule has 0 bridgehead atoms. The molecule has 2 heteroatoms. The second-order valence-electron chi connectivity index (χ2n) is 3.28. The summed E-state index contributed by atoms with van der Waals surface area (Å²) < 4.78 is 5.60. The summed E-state index contributed by atoms with van der Waals surface area (Å²) in [6.45, 7) is 9.92. The highest BCUT2D eigenvalue weighted by atomic mass is 28.3. The van der Waals surface area contributed by atoms with Gasteiger partial charge in [-0.1, -0.05) is 20.3 Å². The van der Waals surface area contributed by atoms with Crippen LogP contribution < -0.4 is 0 Å². The van der Waals surface area contributed by atoms with Crippen molar-refractivity contribution in [1.29, 1.82) is 0 Å². The molecule has 62 valence electrons. The number of rotatable bonds is 5. The maximum atomic E-state index is 5.60. The summed E-state index contributed by atoms with van der Waals surface area (Å²) in [7, 11) is -0.752. The van der Waals surface area contributed by atoms with Crippen molar-refractivity contribution in [2.45, 2.75) is 39.8 Å². The molecule has 0 aromatic rings. The van der Waals surface area contributed by atoms with E-state index in [4.69, 9.17) is 4.43 Å². The van der Waals surface area contributed by atoms with E-state index in [1.165, 1.54) is 12.8 Å². The van der Waals surface area contributed by atoms with E-state index < -0.39 is 9.04 Å². The SMILES string of the molecule is CCCC(C)CO[SiH](C)C. The molecule has 0 aromatic carbocycles. The van der Waals surface area contributed by atoms with Crippen LogP contribution in [0.2, 0.25) is 13.1 Å². The molecule has 0 saturated carbocycles. The van der Waals surface area contributed by atoms with Crippen molar-refractivity contribution in [2.24, 2.45) is 5.92 Å². The molecule has 0 aliphatic heterocycles. The summed E-state index contributed by atoms with van der Waals surface area (Å²) in [6, 6.07) is 0. The van der Waals surface area contributed by atoms with Crippen LogP contribution in [-0.4, -0.2) is 15.6 Å². The first-order chi connectivity index (χ1) is 4.66. The quantitative estimate of drug-likeness (QED) is 0.561. The highest BCUT2D eigenvalue weighted by Crippen LogP contribution is 2.05. The first-order valence-electron chi connectivity index (χ1n) is 4.28. The monoisotopic (exact) mass is 160 g/mol. The Bertz CT molecular complexity index is 73.7. The van der Waals surface area contributed by atoms with Gasteiger partial charge in [0.1, 0.15) is 0 Å². The summed E-state index contributed by atoms with van der Waals surface area (Å²) in [4.78, 5) is 0. The van der Waals surface area contributed by atoms with Crippen LogP contribution >= 0.6 is 0 Å². The summed E-state index contributed by atoms with van der Waals surface area (Å²) in [5.41, 5.74) is 0. The van der Waals surface area contributed by atoms with Crippen molar-refractivity contribution in [3.05, 3.63) is 0 Å². The molecule has 10 heavy (non-hydrogen) atoms. The maximum Gasteiger partial charge on any atom is 0.170 e. The van der Waals surface area contributed by atoms with Gasteiger partial charge in [0, 0.05) is 6.61 Å². The Morgan fingerprint density at radius 3 is 2.40 bits per heavy atom. The molecule has 0 heterocycles. The largest absolute Gasteiger partial charge is 0.420 e. The molecule has 0 N–H and O–H groups in total. The zero-order chi connectivity index (χ0) is 7.98. The molecule has 0 aliphatic carbocycles. The molecule has 0 fully saturated rings. The van der Waals surface area contributed by atoms with Crippen molar-refractivity contribution < 1.29 is 4.43 Å². The Balaban J connectivity index is 3.12.